The van der Waals surface area contributed by atoms with Crippen LogP contribution >= 0.6 is 0 Å². The zero-order valence-corrected chi connectivity index (χ0v) is 17.8. The number of benzene rings is 2. The minimum absolute atomic E-state index is 0.818. The normalized spacial score (nSPS) is 11.9. The Labute approximate surface area is 172 Å². The van der Waals surface area contributed by atoms with Crippen molar-refractivity contribution in [3.8, 4) is 5.75 Å². The predicted octanol–water partition coefficient (Wildman–Crippen LogP) is 4.62. The third-order valence-corrected chi connectivity index (χ3v) is 5.95. The number of rotatable bonds is 8. The molecule has 0 fully saturated rings. The Morgan fingerprint density at radius 1 is 1.03 bits per heavy atom. The maximum atomic E-state index is 5.44. The molecule has 0 saturated carbocycles. The van der Waals surface area contributed by atoms with E-state index in [1.54, 1.807) is 7.11 Å². The van der Waals surface area contributed by atoms with Crippen molar-refractivity contribution < 1.29 is 4.74 Å². The molecule has 0 bridgehead atoms. The van der Waals surface area contributed by atoms with Gasteiger partial charge in [-0.25, -0.2) is 4.98 Å². The van der Waals surface area contributed by atoms with Gasteiger partial charge in [0.2, 0.25) is 0 Å². The summed E-state index contributed by atoms with van der Waals surface area (Å²) in [4.78, 5) is 10.8. The molecule has 0 aliphatic carbocycles. The van der Waals surface area contributed by atoms with Crippen LogP contribution in [0.1, 0.15) is 25.1 Å². The fourth-order valence-electron chi connectivity index (χ4n) is 4.15. The Kier molecular flexibility index (Phi) is 5.69. The van der Waals surface area contributed by atoms with Crippen molar-refractivity contribution in [1.82, 2.24) is 20.2 Å². The van der Waals surface area contributed by atoms with Crippen LogP contribution in [0.5, 0.6) is 5.75 Å². The molecule has 0 amide bonds. The second-order valence-electron chi connectivity index (χ2n) is 7.51. The van der Waals surface area contributed by atoms with Crippen molar-refractivity contribution in [2.24, 2.45) is 0 Å². The molecule has 5 nitrogen and oxygen atoms in total. The molecule has 2 N–H and O–H groups in total. The zero-order valence-electron chi connectivity index (χ0n) is 17.8. The zero-order chi connectivity index (χ0) is 20.4. The van der Waals surface area contributed by atoms with Gasteiger partial charge in [0.15, 0.2) is 0 Å². The quantitative estimate of drug-likeness (QED) is 0.431. The van der Waals surface area contributed by atoms with Crippen molar-refractivity contribution in [1.29, 1.82) is 0 Å². The SMILES string of the molecule is CCN(CC)CCNCc1[nH]ccc2c(C)c3nc4ccc(OC)cc4c3cc12. The summed E-state index contributed by atoms with van der Waals surface area (Å²) in [6.07, 6.45) is 2.04. The smallest absolute Gasteiger partial charge is 0.119 e. The van der Waals surface area contributed by atoms with Gasteiger partial charge in [-0.05, 0) is 61.3 Å². The van der Waals surface area contributed by atoms with Crippen molar-refractivity contribution >= 4 is 32.6 Å². The third-order valence-electron chi connectivity index (χ3n) is 5.95. The minimum Gasteiger partial charge on any atom is -0.497 e. The number of aromatic amines is 1. The van der Waals surface area contributed by atoms with Crippen LogP contribution < -0.4 is 10.1 Å². The van der Waals surface area contributed by atoms with Crippen LogP contribution in [0.4, 0.5) is 0 Å². The fraction of sp³-hybridized carbons (Fsp3) is 0.375. The summed E-state index contributed by atoms with van der Waals surface area (Å²) in [6.45, 7) is 11.6. The van der Waals surface area contributed by atoms with E-state index in [2.05, 4.69) is 54.2 Å². The van der Waals surface area contributed by atoms with Crippen LogP contribution in [0.25, 0.3) is 32.6 Å². The van der Waals surface area contributed by atoms with Gasteiger partial charge in [0.25, 0.3) is 0 Å². The molecule has 0 spiro atoms. The van der Waals surface area contributed by atoms with Crippen molar-refractivity contribution in [3.63, 3.8) is 0 Å². The molecule has 5 heteroatoms. The molecule has 0 unspecified atom stereocenters. The Bertz CT molecular complexity index is 1140. The molecule has 0 aliphatic heterocycles. The third kappa shape index (κ3) is 3.68. The maximum absolute atomic E-state index is 5.44. The molecule has 29 heavy (non-hydrogen) atoms. The lowest BCUT2D eigenvalue weighted by atomic mass is 10.00. The fourth-order valence-corrected chi connectivity index (χ4v) is 4.15. The number of H-pyrrole nitrogens is 1. The molecular formula is C24H30N4O. The monoisotopic (exact) mass is 390 g/mol. The van der Waals surface area contributed by atoms with E-state index >= 15 is 0 Å². The minimum atomic E-state index is 0.818. The van der Waals surface area contributed by atoms with Crippen molar-refractivity contribution in [2.45, 2.75) is 27.3 Å². The summed E-state index contributed by atoms with van der Waals surface area (Å²) in [6, 6.07) is 10.5. The number of nitrogens with zero attached hydrogens (tertiary/aromatic N) is 2. The van der Waals surface area contributed by atoms with Gasteiger partial charge in [0.1, 0.15) is 5.75 Å². The Morgan fingerprint density at radius 3 is 2.62 bits per heavy atom. The molecule has 0 radical (unpaired) electrons. The highest BCUT2D eigenvalue weighted by atomic mass is 16.5. The summed E-state index contributed by atoms with van der Waals surface area (Å²) in [5.41, 5.74) is 4.53. The van der Waals surface area contributed by atoms with E-state index in [-0.39, 0.29) is 0 Å². The highest BCUT2D eigenvalue weighted by Crippen LogP contribution is 2.35. The van der Waals surface area contributed by atoms with Crippen LogP contribution in [0, 0.1) is 6.92 Å². The lowest BCUT2D eigenvalue weighted by Crippen LogP contribution is -2.31. The van der Waals surface area contributed by atoms with E-state index in [1.165, 1.54) is 27.4 Å². The average Bonchev–Trinajstić information content (AvgIpc) is 3.12. The van der Waals surface area contributed by atoms with Crippen LogP contribution in [0.15, 0.2) is 36.5 Å². The molecule has 0 atom stereocenters. The first-order valence-electron chi connectivity index (χ1n) is 10.5. The van der Waals surface area contributed by atoms with Crippen LogP contribution in [-0.4, -0.2) is 48.2 Å². The number of methoxy groups -OCH3 is 1. The van der Waals surface area contributed by atoms with E-state index < -0.39 is 0 Å². The largest absolute Gasteiger partial charge is 0.497 e. The number of ether oxygens (including phenoxy) is 1. The van der Waals surface area contributed by atoms with Gasteiger partial charge in [0, 0.05) is 47.7 Å². The first kappa shape index (κ1) is 19.7. The van der Waals surface area contributed by atoms with Gasteiger partial charge >= 0.3 is 0 Å². The predicted molar refractivity (Wildman–Crippen MR) is 122 cm³/mol. The van der Waals surface area contributed by atoms with Gasteiger partial charge in [-0.2, -0.15) is 0 Å². The van der Waals surface area contributed by atoms with Crippen LogP contribution in [0.3, 0.4) is 0 Å². The van der Waals surface area contributed by atoms with Crippen molar-refractivity contribution in [2.75, 3.05) is 33.3 Å². The molecule has 0 aliphatic rings. The summed E-state index contributed by atoms with van der Waals surface area (Å²) < 4.78 is 5.44. The maximum Gasteiger partial charge on any atom is 0.119 e. The Hall–Kier alpha value is -2.63. The first-order valence-corrected chi connectivity index (χ1v) is 10.5. The lowest BCUT2D eigenvalue weighted by Gasteiger charge is -2.18. The van der Waals surface area contributed by atoms with Gasteiger partial charge in [-0.1, -0.05) is 13.8 Å². The summed E-state index contributed by atoms with van der Waals surface area (Å²) >= 11 is 0. The topological polar surface area (TPSA) is 53.2 Å². The highest BCUT2D eigenvalue weighted by Gasteiger charge is 2.14. The van der Waals surface area contributed by atoms with Crippen LogP contribution in [0.2, 0.25) is 0 Å². The Balaban J connectivity index is 1.72. The van der Waals surface area contributed by atoms with E-state index in [1.807, 2.05) is 18.3 Å². The molecular weight excluding hydrogens is 360 g/mol. The number of nitrogens with one attached hydrogen (secondary N) is 2. The number of aryl methyl sites for hydroxylation is 1. The number of likely N-dealkylation sites (N-methyl/N-ethyl adjacent to an activating group) is 1. The molecule has 152 valence electrons. The number of hydrogen-bond acceptors (Lipinski definition) is 4. The second-order valence-corrected chi connectivity index (χ2v) is 7.51. The number of hydrogen-bond donors (Lipinski definition) is 2. The van der Waals surface area contributed by atoms with E-state index in [0.717, 1.165) is 54.9 Å². The van der Waals surface area contributed by atoms with E-state index in [9.17, 15) is 0 Å². The number of aromatic nitrogens is 2. The van der Waals surface area contributed by atoms with E-state index in [4.69, 9.17) is 9.72 Å². The van der Waals surface area contributed by atoms with Gasteiger partial charge in [-0.15, -0.1) is 0 Å². The summed E-state index contributed by atoms with van der Waals surface area (Å²) in [5, 5.41) is 8.45. The van der Waals surface area contributed by atoms with E-state index in [0.29, 0.717) is 0 Å². The lowest BCUT2D eigenvalue weighted by molar-refractivity contribution is 0.302. The van der Waals surface area contributed by atoms with Gasteiger partial charge in [-0.3, -0.25) is 0 Å². The average molecular weight is 391 g/mol. The molecule has 2 aromatic carbocycles. The summed E-state index contributed by atoms with van der Waals surface area (Å²) in [5.74, 6) is 0.863. The first-order chi connectivity index (χ1) is 14.2. The summed E-state index contributed by atoms with van der Waals surface area (Å²) in [7, 11) is 1.71. The highest BCUT2D eigenvalue weighted by molar-refractivity contribution is 6.14. The van der Waals surface area contributed by atoms with Crippen LogP contribution in [-0.2, 0) is 6.54 Å². The standard InChI is InChI=1S/C24H30N4O/c1-5-28(6-2)12-11-25-15-23-20-14-21-19-13-17(29-4)7-8-22(19)27-24(21)16(3)18(20)9-10-26-23/h7-10,13-14,25-26H,5-6,11-12,15H2,1-4H3. The number of pyridine rings is 1. The molecule has 0 saturated heterocycles. The molecule has 2 aromatic heterocycles. The second kappa shape index (κ2) is 8.39. The van der Waals surface area contributed by atoms with Gasteiger partial charge < -0.3 is 19.9 Å². The molecule has 2 heterocycles. The molecule has 4 rings (SSSR count). The van der Waals surface area contributed by atoms with Crippen molar-refractivity contribution in [3.05, 3.63) is 47.8 Å². The number of fused-ring (bicyclic) bond motifs is 4. The Morgan fingerprint density at radius 2 is 1.86 bits per heavy atom. The molecule has 4 aromatic rings. The van der Waals surface area contributed by atoms with Gasteiger partial charge in [0.05, 0.1) is 18.1 Å².